The zero-order chi connectivity index (χ0) is 16.6. The number of benzene rings is 1. The van der Waals surface area contributed by atoms with Crippen molar-refractivity contribution in [3.05, 3.63) is 29.8 Å². The fourth-order valence-corrected chi connectivity index (χ4v) is 4.38. The van der Waals surface area contributed by atoms with Gasteiger partial charge in [-0.3, -0.25) is 9.69 Å². The molecular weight excluding hydrogens is 318 g/mol. The average molecular weight is 348 g/mol. The fourth-order valence-electron chi connectivity index (χ4n) is 3.43. The molecule has 2 aliphatic heterocycles. The van der Waals surface area contributed by atoms with Crippen LogP contribution in [0.4, 0.5) is 5.69 Å². The first kappa shape index (κ1) is 17.8. The molecule has 2 heterocycles. The van der Waals surface area contributed by atoms with Crippen molar-refractivity contribution >= 4 is 23.4 Å². The Bertz CT molecular complexity index is 506. The summed E-state index contributed by atoms with van der Waals surface area (Å²) in [4.78, 5) is 14.7. The molecule has 0 radical (unpaired) electrons. The highest BCUT2D eigenvalue weighted by Gasteiger charge is 2.16. The van der Waals surface area contributed by atoms with E-state index in [0.717, 1.165) is 30.3 Å². The molecule has 4 nitrogen and oxygen atoms in total. The molecule has 0 aliphatic carbocycles. The van der Waals surface area contributed by atoms with Crippen molar-refractivity contribution in [1.82, 2.24) is 10.2 Å². The van der Waals surface area contributed by atoms with Gasteiger partial charge in [-0.05, 0) is 43.6 Å². The molecule has 1 unspecified atom stereocenters. The molecule has 24 heavy (non-hydrogen) atoms. The van der Waals surface area contributed by atoms with E-state index in [1.807, 2.05) is 23.9 Å². The van der Waals surface area contributed by atoms with Gasteiger partial charge in [0.2, 0.25) is 5.91 Å². The number of hydrogen-bond donors (Lipinski definition) is 2. The van der Waals surface area contributed by atoms with Crippen LogP contribution in [0.25, 0.3) is 0 Å². The molecule has 5 heteroatoms. The Morgan fingerprint density at radius 2 is 1.92 bits per heavy atom. The lowest BCUT2D eigenvalue weighted by molar-refractivity contribution is -0.116. The normalized spacial score (nSPS) is 22.8. The van der Waals surface area contributed by atoms with Gasteiger partial charge in [0.1, 0.15) is 0 Å². The number of carbonyl (C=O) groups is 1. The molecule has 0 aromatic heterocycles. The number of anilines is 1. The molecule has 2 saturated heterocycles. The van der Waals surface area contributed by atoms with Gasteiger partial charge < -0.3 is 10.6 Å². The van der Waals surface area contributed by atoms with E-state index in [4.69, 9.17) is 0 Å². The van der Waals surface area contributed by atoms with Crippen LogP contribution in [0.3, 0.4) is 0 Å². The third-order valence-corrected chi connectivity index (χ3v) is 5.90. The first-order chi connectivity index (χ1) is 11.8. The van der Waals surface area contributed by atoms with Crippen molar-refractivity contribution < 1.29 is 4.79 Å². The van der Waals surface area contributed by atoms with Gasteiger partial charge in [0, 0.05) is 42.7 Å². The standard InChI is InChI=1S/C19H29N3OS/c23-19(13-18-15-24-12-9-20-18)21-17-7-5-16(6-8-17)14-22-10-3-1-2-4-11-22/h5-8,18,20H,1-4,9-15H2,(H,21,23). The Labute approximate surface area is 149 Å². The molecule has 3 rings (SSSR count). The predicted octanol–water partition coefficient (Wildman–Crippen LogP) is 3.10. The molecule has 0 saturated carbocycles. The molecule has 1 aromatic rings. The molecule has 2 fully saturated rings. The quantitative estimate of drug-likeness (QED) is 0.859. The van der Waals surface area contributed by atoms with Crippen molar-refractivity contribution in [3.8, 4) is 0 Å². The van der Waals surface area contributed by atoms with Gasteiger partial charge in [-0.25, -0.2) is 0 Å². The third kappa shape index (κ3) is 5.80. The fraction of sp³-hybridized carbons (Fsp3) is 0.632. The summed E-state index contributed by atoms with van der Waals surface area (Å²) in [6, 6.07) is 8.68. The Kier molecular flexibility index (Phi) is 6.99. The monoisotopic (exact) mass is 347 g/mol. The van der Waals surface area contributed by atoms with Crippen LogP contribution in [0.15, 0.2) is 24.3 Å². The summed E-state index contributed by atoms with van der Waals surface area (Å²) >= 11 is 1.92. The number of nitrogens with zero attached hydrogens (tertiary/aromatic N) is 1. The predicted molar refractivity (Wildman–Crippen MR) is 103 cm³/mol. The van der Waals surface area contributed by atoms with Crippen LogP contribution in [0.2, 0.25) is 0 Å². The van der Waals surface area contributed by atoms with Gasteiger partial charge in [0.15, 0.2) is 0 Å². The number of thioether (sulfide) groups is 1. The summed E-state index contributed by atoms with van der Waals surface area (Å²) in [5, 5.41) is 6.44. The number of rotatable bonds is 5. The minimum absolute atomic E-state index is 0.107. The lowest BCUT2D eigenvalue weighted by atomic mass is 10.1. The first-order valence-corrected chi connectivity index (χ1v) is 10.4. The molecule has 2 aliphatic rings. The average Bonchev–Trinajstić information content (AvgIpc) is 2.86. The minimum Gasteiger partial charge on any atom is -0.326 e. The topological polar surface area (TPSA) is 44.4 Å². The summed E-state index contributed by atoms with van der Waals surface area (Å²) in [5.74, 6) is 2.29. The second-order valence-electron chi connectivity index (χ2n) is 6.87. The summed E-state index contributed by atoms with van der Waals surface area (Å²) in [5.41, 5.74) is 2.24. The molecule has 2 N–H and O–H groups in total. The smallest absolute Gasteiger partial charge is 0.225 e. The van der Waals surface area contributed by atoms with E-state index in [-0.39, 0.29) is 5.91 Å². The van der Waals surface area contributed by atoms with Crippen LogP contribution in [-0.4, -0.2) is 48.0 Å². The Balaban J connectivity index is 1.45. The van der Waals surface area contributed by atoms with Gasteiger partial charge in [-0.1, -0.05) is 25.0 Å². The van der Waals surface area contributed by atoms with Crippen molar-refractivity contribution in [1.29, 1.82) is 0 Å². The van der Waals surface area contributed by atoms with Crippen LogP contribution in [-0.2, 0) is 11.3 Å². The Morgan fingerprint density at radius 1 is 1.17 bits per heavy atom. The number of amides is 1. The van der Waals surface area contributed by atoms with E-state index in [2.05, 4.69) is 27.7 Å². The zero-order valence-corrected chi connectivity index (χ0v) is 15.2. The summed E-state index contributed by atoms with van der Waals surface area (Å²) in [6.45, 7) is 4.46. The van der Waals surface area contributed by atoms with Crippen molar-refractivity contribution in [2.24, 2.45) is 0 Å². The van der Waals surface area contributed by atoms with E-state index in [9.17, 15) is 4.79 Å². The van der Waals surface area contributed by atoms with E-state index >= 15 is 0 Å². The van der Waals surface area contributed by atoms with Gasteiger partial charge in [-0.15, -0.1) is 0 Å². The Morgan fingerprint density at radius 3 is 2.58 bits per heavy atom. The lowest BCUT2D eigenvalue weighted by Crippen LogP contribution is -2.39. The maximum absolute atomic E-state index is 12.2. The largest absolute Gasteiger partial charge is 0.326 e. The molecule has 1 aromatic carbocycles. The molecule has 0 spiro atoms. The van der Waals surface area contributed by atoms with Crippen LogP contribution in [0.1, 0.15) is 37.7 Å². The molecule has 0 bridgehead atoms. The van der Waals surface area contributed by atoms with Gasteiger partial charge in [0.25, 0.3) is 0 Å². The van der Waals surface area contributed by atoms with Gasteiger partial charge in [-0.2, -0.15) is 11.8 Å². The molecule has 132 valence electrons. The van der Waals surface area contributed by atoms with Crippen molar-refractivity contribution in [3.63, 3.8) is 0 Å². The SMILES string of the molecule is O=C(CC1CSCCN1)Nc1ccc(CN2CCCCCC2)cc1. The van der Waals surface area contributed by atoms with Crippen LogP contribution < -0.4 is 10.6 Å². The highest BCUT2D eigenvalue weighted by molar-refractivity contribution is 7.99. The van der Waals surface area contributed by atoms with Crippen molar-refractivity contribution in [2.75, 3.05) is 36.5 Å². The Hall–Kier alpha value is -1.04. The number of likely N-dealkylation sites (tertiary alicyclic amines) is 1. The van der Waals surface area contributed by atoms with Gasteiger partial charge in [0.05, 0.1) is 0 Å². The van der Waals surface area contributed by atoms with Crippen LogP contribution in [0.5, 0.6) is 0 Å². The van der Waals surface area contributed by atoms with E-state index in [1.165, 1.54) is 44.3 Å². The zero-order valence-electron chi connectivity index (χ0n) is 14.4. The lowest BCUT2D eigenvalue weighted by Gasteiger charge is -2.22. The molecule has 1 atom stereocenters. The molecule has 1 amide bonds. The summed E-state index contributed by atoms with van der Waals surface area (Å²) in [6.07, 6.45) is 5.94. The summed E-state index contributed by atoms with van der Waals surface area (Å²) in [7, 11) is 0. The minimum atomic E-state index is 0.107. The van der Waals surface area contributed by atoms with Gasteiger partial charge >= 0.3 is 0 Å². The number of hydrogen-bond acceptors (Lipinski definition) is 4. The van der Waals surface area contributed by atoms with Crippen molar-refractivity contribution in [2.45, 2.75) is 44.7 Å². The number of nitrogens with one attached hydrogen (secondary N) is 2. The third-order valence-electron chi connectivity index (χ3n) is 4.77. The highest BCUT2D eigenvalue weighted by atomic mass is 32.2. The second-order valence-corrected chi connectivity index (χ2v) is 8.02. The maximum atomic E-state index is 12.2. The van der Waals surface area contributed by atoms with E-state index in [1.54, 1.807) is 0 Å². The first-order valence-electron chi connectivity index (χ1n) is 9.22. The van der Waals surface area contributed by atoms with Crippen LogP contribution >= 0.6 is 11.8 Å². The summed E-state index contributed by atoms with van der Waals surface area (Å²) < 4.78 is 0. The van der Waals surface area contributed by atoms with Crippen LogP contribution in [0, 0.1) is 0 Å². The maximum Gasteiger partial charge on any atom is 0.225 e. The highest BCUT2D eigenvalue weighted by Crippen LogP contribution is 2.16. The second kappa shape index (κ2) is 9.44. The van der Waals surface area contributed by atoms with E-state index < -0.39 is 0 Å². The molecular formula is C19H29N3OS. The van der Waals surface area contributed by atoms with E-state index in [0.29, 0.717) is 12.5 Å². The number of carbonyl (C=O) groups excluding carboxylic acids is 1.